The van der Waals surface area contributed by atoms with Crippen LogP contribution in [0.4, 0.5) is 0 Å². The van der Waals surface area contributed by atoms with Crippen molar-refractivity contribution in [2.75, 3.05) is 0 Å². The van der Waals surface area contributed by atoms with E-state index in [1.165, 1.54) is 6.07 Å². The highest BCUT2D eigenvalue weighted by molar-refractivity contribution is 5.90. The van der Waals surface area contributed by atoms with E-state index in [0.717, 1.165) is 5.56 Å². The summed E-state index contributed by atoms with van der Waals surface area (Å²) in [6.45, 7) is 7.54. The monoisotopic (exact) mass is 211 g/mol. The van der Waals surface area contributed by atoms with Gasteiger partial charge in [0.2, 0.25) is 0 Å². The summed E-state index contributed by atoms with van der Waals surface area (Å²) in [5, 5.41) is 8.78. The van der Waals surface area contributed by atoms with Crippen molar-refractivity contribution in [3.05, 3.63) is 28.8 Å². The Morgan fingerprint density at radius 3 is 2.20 bits per heavy atom. The maximum absolute atomic E-state index is 10.7. The quantitative estimate of drug-likeness (QED) is 0.736. The highest BCUT2D eigenvalue weighted by atomic mass is 16.6. The van der Waals surface area contributed by atoms with Crippen molar-refractivity contribution in [3.8, 4) is 5.75 Å². The maximum atomic E-state index is 10.7. The van der Waals surface area contributed by atoms with Crippen molar-refractivity contribution in [2.24, 2.45) is 5.90 Å². The fraction of sp³-hybridized carbons (Fsp3) is 0.364. The zero-order chi connectivity index (χ0) is 12.0. The highest BCUT2D eigenvalue weighted by Crippen LogP contribution is 2.21. The van der Waals surface area contributed by atoms with E-state index in [1.54, 1.807) is 19.9 Å². The Hall–Kier alpha value is -1.55. The lowest BCUT2D eigenvalue weighted by molar-refractivity contribution is 0.0695. The third-order valence-electron chi connectivity index (χ3n) is 1.88. The SMILES string of the molecule is CC.Cc1cc(C)c(C(=O)O)cc1ON. The van der Waals surface area contributed by atoms with Crippen molar-refractivity contribution >= 4 is 5.97 Å². The summed E-state index contributed by atoms with van der Waals surface area (Å²) in [5.74, 6) is 4.39. The summed E-state index contributed by atoms with van der Waals surface area (Å²) in [6, 6.07) is 3.15. The van der Waals surface area contributed by atoms with E-state index in [-0.39, 0.29) is 5.56 Å². The Labute approximate surface area is 89.6 Å². The Morgan fingerprint density at radius 1 is 1.27 bits per heavy atom. The molecule has 4 nitrogen and oxygen atoms in total. The number of hydrogen-bond donors (Lipinski definition) is 2. The van der Waals surface area contributed by atoms with Crippen LogP contribution in [0.2, 0.25) is 0 Å². The average Bonchev–Trinajstić information content (AvgIpc) is 2.20. The molecule has 0 saturated carbocycles. The number of aromatic carboxylic acids is 1. The van der Waals surface area contributed by atoms with Gasteiger partial charge >= 0.3 is 5.97 Å². The van der Waals surface area contributed by atoms with E-state index >= 15 is 0 Å². The summed E-state index contributed by atoms with van der Waals surface area (Å²) in [7, 11) is 0. The molecular formula is C11H17NO3. The standard InChI is InChI=1S/C9H11NO3.C2H6/c1-5-3-6(2)8(13-10)4-7(5)9(11)12;1-2/h3-4H,10H2,1-2H3,(H,11,12);1-2H3. The fourth-order valence-electron chi connectivity index (χ4n) is 1.19. The molecule has 0 aliphatic rings. The fourth-order valence-corrected chi connectivity index (χ4v) is 1.19. The largest absolute Gasteiger partial charge is 0.478 e. The Balaban J connectivity index is 0.000000921. The van der Waals surface area contributed by atoms with Crippen molar-refractivity contribution in [2.45, 2.75) is 27.7 Å². The number of carboxylic acid groups (broad SMARTS) is 1. The molecule has 0 unspecified atom stereocenters. The number of aryl methyl sites for hydroxylation is 2. The normalized spacial score (nSPS) is 8.87. The molecule has 0 aliphatic carbocycles. The number of benzene rings is 1. The smallest absolute Gasteiger partial charge is 0.336 e. The number of rotatable bonds is 2. The van der Waals surface area contributed by atoms with Crippen LogP contribution in [0.5, 0.6) is 5.75 Å². The third kappa shape index (κ3) is 3.25. The first kappa shape index (κ1) is 13.4. The molecule has 0 radical (unpaired) electrons. The second-order valence-electron chi connectivity index (χ2n) is 2.86. The van der Waals surface area contributed by atoms with Crippen LogP contribution in [0.3, 0.4) is 0 Å². The molecule has 0 heterocycles. The molecule has 0 saturated heterocycles. The second kappa shape index (κ2) is 6.03. The third-order valence-corrected chi connectivity index (χ3v) is 1.88. The lowest BCUT2D eigenvalue weighted by Crippen LogP contribution is -2.07. The Bertz CT molecular complexity index is 348. The van der Waals surface area contributed by atoms with Crippen molar-refractivity contribution in [3.63, 3.8) is 0 Å². The maximum Gasteiger partial charge on any atom is 0.336 e. The van der Waals surface area contributed by atoms with E-state index in [9.17, 15) is 4.79 Å². The van der Waals surface area contributed by atoms with Crippen LogP contribution in [-0.2, 0) is 0 Å². The summed E-state index contributed by atoms with van der Waals surface area (Å²) in [4.78, 5) is 15.2. The van der Waals surface area contributed by atoms with Gasteiger partial charge in [-0.2, -0.15) is 5.90 Å². The van der Waals surface area contributed by atoms with Gasteiger partial charge in [0.15, 0.2) is 5.75 Å². The summed E-state index contributed by atoms with van der Waals surface area (Å²) in [6.07, 6.45) is 0. The minimum absolute atomic E-state index is 0.214. The molecule has 0 fully saturated rings. The van der Waals surface area contributed by atoms with Gasteiger partial charge in [-0.05, 0) is 31.0 Å². The number of hydrogen-bond acceptors (Lipinski definition) is 3. The molecule has 0 aromatic heterocycles. The molecular weight excluding hydrogens is 194 g/mol. The first-order chi connectivity index (χ1) is 7.06. The molecule has 4 heteroatoms. The number of nitrogens with two attached hydrogens (primary N) is 1. The van der Waals surface area contributed by atoms with Crippen LogP contribution < -0.4 is 10.7 Å². The van der Waals surface area contributed by atoms with Crippen LogP contribution in [0.1, 0.15) is 35.3 Å². The predicted molar refractivity (Wildman–Crippen MR) is 59.0 cm³/mol. The minimum Gasteiger partial charge on any atom is -0.478 e. The van der Waals surface area contributed by atoms with E-state index in [0.29, 0.717) is 11.3 Å². The molecule has 3 N–H and O–H groups in total. The first-order valence-corrected chi connectivity index (χ1v) is 4.77. The van der Waals surface area contributed by atoms with Gasteiger partial charge in [-0.15, -0.1) is 0 Å². The van der Waals surface area contributed by atoms with Gasteiger partial charge in [-0.25, -0.2) is 4.79 Å². The minimum atomic E-state index is -0.976. The first-order valence-electron chi connectivity index (χ1n) is 4.77. The summed E-state index contributed by atoms with van der Waals surface area (Å²) in [5.41, 5.74) is 1.74. The zero-order valence-electron chi connectivity index (χ0n) is 9.50. The van der Waals surface area contributed by atoms with Gasteiger partial charge in [0.05, 0.1) is 5.56 Å². The van der Waals surface area contributed by atoms with E-state index < -0.39 is 5.97 Å². The van der Waals surface area contributed by atoms with Gasteiger partial charge in [0, 0.05) is 0 Å². The van der Waals surface area contributed by atoms with Gasteiger partial charge in [0.1, 0.15) is 0 Å². The van der Waals surface area contributed by atoms with Crippen LogP contribution in [0.15, 0.2) is 12.1 Å². The van der Waals surface area contributed by atoms with Crippen molar-refractivity contribution in [1.82, 2.24) is 0 Å². The average molecular weight is 211 g/mol. The molecule has 1 aromatic rings. The second-order valence-corrected chi connectivity index (χ2v) is 2.86. The molecule has 1 aromatic carbocycles. The lowest BCUT2D eigenvalue weighted by Gasteiger charge is -2.07. The Morgan fingerprint density at radius 2 is 1.80 bits per heavy atom. The summed E-state index contributed by atoms with van der Waals surface area (Å²) < 4.78 is 0. The van der Waals surface area contributed by atoms with Crippen molar-refractivity contribution < 1.29 is 14.7 Å². The van der Waals surface area contributed by atoms with E-state index in [1.807, 2.05) is 13.8 Å². The van der Waals surface area contributed by atoms with Crippen LogP contribution >= 0.6 is 0 Å². The van der Waals surface area contributed by atoms with Crippen LogP contribution in [-0.4, -0.2) is 11.1 Å². The van der Waals surface area contributed by atoms with Crippen LogP contribution in [0.25, 0.3) is 0 Å². The molecule has 0 aliphatic heterocycles. The lowest BCUT2D eigenvalue weighted by atomic mass is 10.1. The van der Waals surface area contributed by atoms with Gasteiger partial charge < -0.3 is 9.94 Å². The molecule has 1 rings (SSSR count). The molecule has 0 bridgehead atoms. The summed E-state index contributed by atoms with van der Waals surface area (Å²) >= 11 is 0. The Kier molecular flexibility index (Phi) is 5.41. The molecule has 0 atom stereocenters. The molecule has 84 valence electrons. The van der Waals surface area contributed by atoms with Crippen LogP contribution in [0, 0.1) is 13.8 Å². The molecule has 0 amide bonds. The number of carbonyl (C=O) groups is 1. The predicted octanol–water partition coefficient (Wildman–Crippen LogP) is 2.28. The number of carboxylic acids is 1. The van der Waals surface area contributed by atoms with E-state index in [2.05, 4.69) is 4.84 Å². The van der Waals surface area contributed by atoms with Gasteiger partial charge in [-0.3, -0.25) is 0 Å². The van der Waals surface area contributed by atoms with Crippen molar-refractivity contribution in [1.29, 1.82) is 0 Å². The zero-order valence-corrected chi connectivity index (χ0v) is 9.50. The van der Waals surface area contributed by atoms with Gasteiger partial charge in [-0.1, -0.05) is 19.9 Å². The molecule has 0 spiro atoms. The van der Waals surface area contributed by atoms with Gasteiger partial charge in [0.25, 0.3) is 0 Å². The highest BCUT2D eigenvalue weighted by Gasteiger charge is 2.10. The van der Waals surface area contributed by atoms with E-state index in [4.69, 9.17) is 11.0 Å². The molecule has 15 heavy (non-hydrogen) atoms. The topological polar surface area (TPSA) is 72.5 Å².